The summed E-state index contributed by atoms with van der Waals surface area (Å²) in [5.74, 6) is 1.14. The molecule has 18 heavy (non-hydrogen) atoms. The van der Waals surface area contributed by atoms with Crippen LogP contribution in [0.4, 0.5) is 0 Å². The third kappa shape index (κ3) is 2.49. The second-order valence-corrected chi connectivity index (χ2v) is 5.84. The topological polar surface area (TPSA) is 21.1 Å². The Kier molecular flexibility index (Phi) is 3.88. The van der Waals surface area contributed by atoms with Gasteiger partial charge >= 0.3 is 0 Å². The molecule has 4 heteroatoms. The first-order chi connectivity index (χ1) is 8.50. The Morgan fingerprint density at radius 2 is 2.17 bits per heavy atom. The van der Waals surface area contributed by atoms with E-state index in [1.54, 1.807) is 0 Å². The van der Waals surface area contributed by atoms with Gasteiger partial charge in [0.05, 0.1) is 12.2 Å². The highest BCUT2D eigenvalue weighted by molar-refractivity contribution is 7.10. The number of thiophene rings is 1. The molecule has 98 valence electrons. The maximum absolute atomic E-state index is 4.64. The third-order valence-electron chi connectivity index (χ3n) is 3.72. The minimum atomic E-state index is 0.433. The second kappa shape index (κ2) is 5.24. The monoisotopic (exact) mass is 263 g/mol. The third-order valence-corrected chi connectivity index (χ3v) is 4.76. The smallest absolute Gasteiger partial charge is 0.123 e. The summed E-state index contributed by atoms with van der Waals surface area (Å²) >= 11 is 1.81. The van der Waals surface area contributed by atoms with Gasteiger partial charge in [-0.1, -0.05) is 6.07 Å². The van der Waals surface area contributed by atoms with Crippen molar-refractivity contribution in [1.82, 2.24) is 14.5 Å². The van der Waals surface area contributed by atoms with Gasteiger partial charge in [0.1, 0.15) is 5.82 Å². The molecule has 0 saturated heterocycles. The Morgan fingerprint density at radius 3 is 2.67 bits per heavy atom. The minimum Gasteiger partial charge on any atom is -0.334 e. The van der Waals surface area contributed by atoms with Crippen molar-refractivity contribution in [3.8, 4) is 0 Å². The summed E-state index contributed by atoms with van der Waals surface area (Å²) < 4.78 is 2.19. The molecule has 0 aliphatic carbocycles. The lowest BCUT2D eigenvalue weighted by atomic mass is 10.2. The molecule has 0 bridgehead atoms. The normalized spacial score (nSPS) is 13.2. The molecule has 0 radical (unpaired) electrons. The van der Waals surface area contributed by atoms with Crippen molar-refractivity contribution in [2.75, 3.05) is 7.05 Å². The van der Waals surface area contributed by atoms with Crippen molar-refractivity contribution < 1.29 is 0 Å². The minimum absolute atomic E-state index is 0.433. The van der Waals surface area contributed by atoms with Gasteiger partial charge < -0.3 is 4.57 Å². The van der Waals surface area contributed by atoms with E-state index in [2.05, 4.69) is 66.8 Å². The van der Waals surface area contributed by atoms with E-state index in [1.807, 2.05) is 11.3 Å². The lowest BCUT2D eigenvalue weighted by molar-refractivity contribution is 0.247. The molecule has 0 aromatic carbocycles. The zero-order chi connectivity index (χ0) is 13.3. The predicted molar refractivity (Wildman–Crippen MR) is 76.9 cm³/mol. The number of hydrogen-bond donors (Lipinski definition) is 0. The highest BCUT2D eigenvalue weighted by Gasteiger charge is 2.16. The molecule has 0 N–H and O–H groups in total. The van der Waals surface area contributed by atoms with Crippen molar-refractivity contribution in [2.45, 2.75) is 33.4 Å². The molecule has 0 saturated carbocycles. The molecule has 0 fully saturated rings. The van der Waals surface area contributed by atoms with E-state index < -0.39 is 0 Å². The lowest BCUT2D eigenvalue weighted by Crippen LogP contribution is -2.23. The van der Waals surface area contributed by atoms with Crippen molar-refractivity contribution in [1.29, 1.82) is 0 Å². The van der Waals surface area contributed by atoms with Crippen molar-refractivity contribution in [2.24, 2.45) is 7.05 Å². The van der Waals surface area contributed by atoms with Gasteiger partial charge in [0.15, 0.2) is 0 Å². The molecular formula is C14H21N3S. The van der Waals surface area contributed by atoms with Crippen LogP contribution in [0.1, 0.15) is 35.1 Å². The van der Waals surface area contributed by atoms with Crippen LogP contribution >= 0.6 is 11.3 Å². The molecule has 0 unspecified atom stereocenters. The standard InChI is InChI=1S/C14H21N3S/c1-10-11(2)17(5)14(15-10)9-16(4)12(3)13-7-6-8-18-13/h6-8,12H,9H2,1-5H3/t12-/m0/s1. The average Bonchev–Trinajstić information content (AvgIpc) is 2.94. The van der Waals surface area contributed by atoms with Crippen LogP contribution in [-0.4, -0.2) is 21.5 Å². The highest BCUT2D eigenvalue weighted by atomic mass is 32.1. The number of aromatic nitrogens is 2. The van der Waals surface area contributed by atoms with Crippen molar-refractivity contribution in [3.05, 3.63) is 39.6 Å². The molecule has 3 nitrogen and oxygen atoms in total. The molecule has 2 aromatic heterocycles. The van der Waals surface area contributed by atoms with Gasteiger partial charge in [0.2, 0.25) is 0 Å². The number of nitrogens with zero attached hydrogens (tertiary/aromatic N) is 3. The Labute approximate surface area is 113 Å². The molecule has 2 rings (SSSR count). The molecular weight excluding hydrogens is 242 g/mol. The fourth-order valence-corrected chi connectivity index (χ4v) is 2.88. The van der Waals surface area contributed by atoms with Crippen molar-refractivity contribution >= 4 is 11.3 Å². The maximum Gasteiger partial charge on any atom is 0.123 e. The largest absolute Gasteiger partial charge is 0.334 e. The van der Waals surface area contributed by atoms with Gasteiger partial charge in [-0.3, -0.25) is 4.90 Å². The van der Waals surface area contributed by atoms with Crippen LogP contribution in [-0.2, 0) is 13.6 Å². The van der Waals surface area contributed by atoms with Crippen LogP contribution in [0.3, 0.4) is 0 Å². The Balaban J connectivity index is 2.11. The summed E-state index contributed by atoms with van der Waals surface area (Å²) in [6.45, 7) is 7.31. The van der Waals surface area contributed by atoms with Crippen molar-refractivity contribution in [3.63, 3.8) is 0 Å². The zero-order valence-corrected chi connectivity index (χ0v) is 12.6. The zero-order valence-electron chi connectivity index (χ0n) is 11.8. The first kappa shape index (κ1) is 13.3. The lowest BCUT2D eigenvalue weighted by Gasteiger charge is -2.23. The molecule has 2 heterocycles. The molecule has 0 aliphatic rings. The quantitative estimate of drug-likeness (QED) is 0.844. The van der Waals surface area contributed by atoms with Gasteiger partial charge in [0.25, 0.3) is 0 Å². The summed E-state index contributed by atoms with van der Waals surface area (Å²) in [6, 6.07) is 4.74. The number of rotatable bonds is 4. The van der Waals surface area contributed by atoms with Crippen LogP contribution in [0.15, 0.2) is 17.5 Å². The first-order valence-electron chi connectivity index (χ1n) is 6.23. The fourth-order valence-electron chi connectivity index (χ4n) is 2.03. The second-order valence-electron chi connectivity index (χ2n) is 4.86. The summed E-state index contributed by atoms with van der Waals surface area (Å²) in [6.07, 6.45) is 0. The van der Waals surface area contributed by atoms with Gasteiger partial charge in [-0.25, -0.2) is 4.98 Å². The highest BCUT2D eigenvalue weighted by Crippen LogP contribution is 2.24. The van der Waals surface area contributed by atoms with Crippen LogP contribution in [0, 0.1) is 13.8 Å². The molecule has 0 spiro atoms. The van der Waals surface area contributed by atoms with E-state index in [-0.39, 0.29) is 0 Å². The molecule has 0 amide bonds. The number of aryl methyl sites for hydroxylation is 1. The predicted octanol–water partition coefficient (Wildman–Crippen LogP) is 3.29. The van der Waals surface area contributed by atoms with Gasteiger partial charge in [-0.2, -0.15) is 0 Å². The van der Waals surface area contributed by atoms with Crippen LogP contribution in [0.25, 0.3) is 0 Å². The van der Waals surface area contributed by atoms with E-state index in [0.29, 0.717) is 6.04 Å². The first-order valence-corrected chi connectivity index (χ1v) is 7.11. The Bertz CT molecular complexity index is 513. The summed E-state index contributed by atoms with van der Waals surface area (Å²) in [5, 5.41) is 2.13. The number of imidazole rings is 1. The van der Waals surface area contributed by atoms with Crippen LogP contribution in [0.5, 0.6) is 0 Å². The van der Waals surface area contributed by atoms with Gasteiger partial charge in [-0.15, -0.1) is 11.3 Å². The van der Waals surface area contributed by atoms with E-state index in [9.17, 15) is 0 Å². The van der Waals surface area contributed by atoms with Gasteiger partial charge in [-0.05, 0) is 39.3 Å². The van der Waals surface area contributed by atoms with E-state index in [4.69, 9.17) is 0 Å². The maximum atomic E-state index is 4.64. The molecule has 0 aliphatic heterocycles. The van der Waals surface area contributed by atoms with E-state index in [0.717, 1.165) is 18.1 Å². The Morgan fingerprint density at radius 1 is 1.44 bits per heavy atom. The fraction of sp³-hybridized carbons (Fsp3) is 0.500. The average molecular weight is 263 g/mol. The van der Waals surface area contributed by atoms with Crippen LogP contribution in [0.2, 0.25) is 0 Å². The van der Waals surface area contributed by atoms with Gasteiger partial charge in [0, 0.05) is 23.7 Å². The summed E-state index contributed by atoms with van der Waals surface area (Å²) in [5.41, 5.74) is 2.38. The molecule has 2 aromatic rings. The summed E-state index contributed by atoms with van der Waals surface area (Å²) in [7, 11) is 4.25. The number of hydrogen-bond acceptors (Lipinski definition) is 3. The molecule has 1 atom stereocenters. The van der Waals surface area contributed by atoms with E-state index in [1.165, 1.54) is 10.6 Å². The SMILES string of the molecule is Cc1nc(CN(C)[C@@H](C)c2cccs2)n(C)c1C. The summed E-state index contributed by atoms with van der Waals surface area (Å²) in [4.78, 5) is 8.38. The Hall–Kier alpha value is -1.13. The van der Waals surface area contributed by atoms with E-state index >= 15 is 0 Å². The van der Waals surface area contributed by atoms with Crippen LogP contribution < -0.4 is 0 Å².